The van der Waals surface area contributed by atoms with Gasteiger partial charge in [0.1, 0.15) is 28.7 Å². The van der Waals surface area contributed by atoms with E-state index in [4.69, 9.17) is 14.5 Å². The van der Waals surface area contributed by atoms with E-state index in [9.17, 15) is 5.26 Å². The maximum absolute atomic E-state index is 9.73. The van der Waals surface area contributed by atoms with Crippen LogP contribution >= 0.6 is 0 Å². The van der Waals surface area contributed by atoms with E-state index in [1.165, 1.54) is 0 Å². The van der Waals surface area contributed by atoms with Crippen molar-refractivity contribution in [3.05, 3.63) is 42.0 Å². The third kappa shape index (κ3) is 1.06. The van der Waals surface area contributed by atoms with Crippen molar-refractivity contribution < 1.29 is 9.47 Å². The van der Waals surface area contributed by atoms with Gasteiger partial charge in [-0.2, -0.15) is 5.26 Å². The van der Waals surface area contributed by atoms with E-state index >= 15 is 0 Å². The Labute approximate surface area is 117 Å². The first-order valence-corrected chi connectivity index (χ1v) is 6.66. The molecule has 4 atom stereocenters. The van der Waals surface area contributed by atoms with Crippen molar-refractivity contribution in [1.82, 2.24) is 0 Å². The first-order valence-electron chi connectivity index (χ1n) is 6.66. The van der Waals surface area contributed by atoms with E-state index in [1.54, 1.807) is 7.11 Å². The highest BCUT2D eigenvalue weighted by atomic mass is 16.5. The zero-order valence-corrected chi connectivity index (χ0v) is 11.3. The fourth-order valence-corrected chi connectivity index (χ4v) is 3.53. The molecule has 2 aliphatic heterocycles. The fourth-order valence-electron chi connectivity index (χ4n) is 3.53. The topological polar surface area (TPSA) is 54.6 Å². The summed E-state index contributed by atoms with van der Waals surface area (Å²) >= 11 is 0. The first kappa shape index (κ1) is 11.5. The number of hydrogen-bond acceptors (Lipinski definition) is 4. The molecule has 0 saturated carbocycles. The van der Waals surface area contributed by atoms with Gasteiger partial charge < -0.3 is 9.47 Å². The van der Waals surface area contributed by atoms with E-state index in [0.717, 1.165) is 11.3 Å². The molecule has 0 aromatic heterocycles. The second-order valence-electron chi connectivity index (χ2n) is 5.67. The fraction of sp³-hybridized carbons (Fsp3) is 0.375. The second kappa shape index (κ2) is 3.43. The number of methoxy groups -OCH3 is 1. The average molecular weight is 266 g/mol. The second-order valence-corrected chi connectivity index (χ2v) is 5.67. The van der Waals surface area contributed by atoms with Crippen LogP contribution in [0.3, 0.4) is 0 Å². The van der Waals surface area contributed by atoms with Crippen molar-refractivity contribution in [1.29, 1.82) is 5.26 Å². The number of nitrogens with zero attached hydrogens (tertiary/aromatic N) is 2. The van der Waals surface area contributed by atoms with Gasteiger partial charge in [0.2, 0.25) is 0 Å². The zero-order valence-electron chi connectivity index (χ0n) is 11.3. The van der Waals surface area contributed by atoms with E-state index in [0.29, 0.717) is 5.90 Å². The van der Waals surface area contributed by atoms with Crippen LogP contribution in [0.4, 0.5) is 0 Å². The molecule has 0 spiro atoms. The number of nitriles is 1. The van der Waals surface area contributed by atoms with Gasteiger partial charge in [0.05, 0.1) is 13.2 Å². The summed E-state index contributed by atoms with van der Waals surface area (Å²) in [5.41, 5.74) is -0.218. The molecule has 0 N–H and O–H groups in total. The quantitative estimate of drug-likeness (QED) is 0.678. The molecule has 0 bridgehead atoms. The molecule has 0 fully saturated rings. The Morgan fingerprint density at radius 2 is 2.15 bits per heavy atom. The van der Waals surface area contributed by atoms with E-state index in [-0.39, 0.29) is 12.0 Å². The van der Waals surface area contributed by atoms with Gasteiger partial charge in [-0.05, 0) is 13.0 Å². The molecular weight excluding hydrogens is 252 g/mol. The predicted molar refractivity (Wildman–Crippen MR) is 73.6 cm³/mol. The Balaban J connectivity index is 1.95. The third-order valence-electron chi connectivity index (χ3n) is 4.77. The van der Waals surface area contributed by atoms with Gasteiger partial charge in [0.25, 0.3) is 0 Å². The highest BCUT2D eigenvalue weighted by Gasteiger charge is 2.66. The molecule has 20 heavy (non-hydrogen) atoms. The summed E-state index contributed by atoms with van der Waals surface area (Å²) in [5.74, 6) is 1.37. The molecule has 1 aromatic carbocycles. The number of hydrogen-bond donors (Lipinski definition) is 0. The van der Waals surface area contributed by atoms with Gasteiger partial charge in [0.15, 0.2) is 5.90 Å². The largest absolute Gasteiger partial charge is 0.487 e. The summed E-state index contributed by atoms with van der Waals surface area (Å²) in [6, 6.07) is 10.3. The molecule has 2 heterocycles. The first-order chi connectivity index (χ1) is 9.65. The number of rotatable bonds is 0. The zero-order chi connectivity index (χ0) is 14.0. The van der Waals surface area contributed by atoms with Gasteiger partial charge in [-0.1, -0.05) is 30.4 Å². The molecule has 0 saturated heterocycles. The lowest BCUT2D eigenvalue weighted by Crippen LogP contribution is -2.61. The van der Waals surface area contributed by atoms with Gasteiger partial charge in [-0.15, -0.1) is 0 Å². The summed E-state index contributed by atoms with van der Waals surface area (Å²) < 4.78 is 11.6. The van der Waals surface area contributed by atoms with Crippen molar-refractivity contribution in [2.75, 3.05) is 7.11 Å². The van der Waals surface area contributed by atoms with Gasteiger partial charge in [-0.25, -0.2) is 4.99 Å². The maximum Gasteiger partial charge on any atom is 0.195 e. The van der Waals surface area contributed by atoms with Crippen molar-refractivity contribution in [2.45, 2.75) is 24.5 Å². The number of fused-ring (bicyclic) bond motifs is 5. The van der Waals surface area contributed by atoms with Crippen LogP contribution in [0.15, 0.2) is 41.4 Å². The molecule has 4 rings (SSSR count). The smallest absolute Gasteiger partial charge is 0.195 e. The number of aliphatic imine (C=N–C) groups is 1. The van der Waals surface area contributed by atoms with Crippen molar-refractivity contribution in [2.24, 2.45) is 10.4 Å². The standard InChI is InChI=1S/C16H14N2O2/c1-15-7-8-16(15,9-17)13-12(14(18-15)19-2)10-5-3-4-6-11(10)20-13/h3-8,12-13H,1-2H3/t12-,13+,15+,16-/m1/s1. The molecular formula is C16H14N2O2. The Hall–Kier alpha value is -2.28. The highest BCUT2D eigenvalue weighted by molar-refractivity contribution is 5.89. The summed E-state index contributed by atoms with van der Waals surface area (Å²) in [7, 11) is 1.63. The van der Waals surface area contributed by atoms with Crippen LogP contribution in [0.25, 0.3) is 0 Å². The van der Waals surface area contributed by atoms with E-state index < -0.39 is 11.0 Å². The predicted octanol–water partition coefficient (Wildman–Crippen LogP) is 2.43. The van der Waals surface area contributed by atoms with Crippen LogP contribution in [-0.2, 0) is 4.74 Å². The lowest BCUT2D eigenvalue weighted by molar-refractivity contribution is 0.0613. The summed E-state index contributed by atoms with van der Waals surface area (Å²) in [6.07, 6.45) is 3.61. The molecule has 1 aromatic rings. The molecule has 1 aliphatic carbocycles. The Bertz CT molecular complexity index is 703. The van der Waals surface area contributed by atoms with Crippen LogP contribution in [-0.4, -0.2) is 24.7 Å². The van der Waals surface area contributed by atoms with Crippen molar-refractivity contribution in [3.63, 3.8) is 0 Å². The monoisotopic (exact) mass is 266 g/mol. The molecule has 0 amide bonds. The van der Waals surface area contributed by atoms with Crippen LogP contribution in [0.5, 0.6) is 5.75 Å². The number of ether oxygens (including phenoxy) is 2. The normalized spacial score (nSPS) is 39.4. The van der Waals surface area contributed by atoms with Crippen molar-refractivity contribution in [3.8, 4) is 11.8 Å². The Kier molecular flexibility index (Phi) is 1.98. The van der Waals surface area contributed by atoms with Gasteiger partial charge in [0, 0.05) is 5.56 Å². The minimum atomic E-state index is -0.710. The minimum absolute atomic E-state index is 0.103. The van der Waals surface area contributed by atoms with Gasteiger partial charge >= 0.3 is 0 Å². The molecule has 3 aliphatic rings. The van der Waals surface area contributed by atoms with Crippen LogP contribution < -0.4 is 4.74 Å². The molecule has 0 unspecified atom stereocenters. The van der Waals surface area contributed by atoms with Gasteiger partial charge in [-0.3, -0.25) is 0 Å². The molecule has 4 heteroatoms. The molecule has 4 nitrogen and oxygen atoms in total. The Morgan fingerprint density at radius 1 is 1.35 bits per heavy atom. The SMILES string of the molecule is COC1=N[C@@]2(C)C=C[C@@]2(C#N)[C@H]2Oc3ccccc3[C@@H]12. The summed E-state index contributed by atoms with van der Waals surface area (Å²) in [5, 5.41) is 9.73. The average Bonchev–Trinajstić information content (AvgIpc) is 2.83. The summed E-state index contributed by atoms with van der Waals surface area (Å²) in [4.78, 5) is 4.69. The lowest BCUT2D eigenvalue weighted by Gasteiger charge is -2.51. The van der Waals surface area contributed by atoms with Crippen molar-refractivity contribution >= 4 is 5.90 Å². The van der Waals surface area contributed by atoms with Crippen LogP contribution in [0.2, 0.25) is 0 Å². The summed E-state index contributed by atoms with van der Waals surface area (Å²) in [6.45, 7) is 1.96. The molecule has 0 radical (unpaired) electrons. The highest BCUT2D eigenvalue weighted by Crippen LogP contribution is 2.59. The minimum Gasteiger partial charge on any atom is -0.487 e. The Morgan fingerprint density at radius 3 is 2.80 bits per heavy atom. The third-order valence-corrected chi connectivity index (χ3v) is 4.77. The number of para-hydroxylation sites is 1. The van der Waals surface area contributed by atoms with E-state index in [2.05, 4.69) is 6.07 Å². The van der Waals surface area contributed by atoms with Crippen LogP contribution in [0.1, 0.15) is 18.4 Å². The van der Waals surface area contributed by atoms with Crippen LogP contribution in [0, 0.1) is 16.7 Å². The molecule has 100 valence electrons. The van der Waals surface area contributed by atoms with E-state index in [1.807, 2.05) is 43.3 Å². The maximum atomic E-state index is 9.73. The lowest BCUT2D eigenvalue weighted by atomic mass is 9.56. The number of benzene rings is 1.